The van der Waals surface area contributed by atoms with Crippen LogP contribution in [0.5, 0.6) is 0 Å². The zero-order valence-electron chi connectivity index (χ0n) is 18.1. The van der Waals surface area contributed by atoms with Crippen molar-refractivity contribution >= 4 is 17.1 Å². The van der Waals surface area contributed by atoms with Crippen molar-refractivity contribution in [3.8, 4) is 0 Å². The molecule has 164 valence electrons. The fourth-order valence-electron chi connectivity index (χ4n) is 4.23. The minimum Gasteiger partial charge on any atom is -0.351 e. The number of anilines is 1. The monoisotopic (exact) mass is 431 g/mol. The largest absolute Gasteiger partial charge is 0.351 e. The van der Waals surface area contributed by atoms with Gasteiger partial charge in [0.1, 0.15) is 11.7 Å². The van der Waals surface area contributed by atoms with Crippen molar-refractivity contribution in [1.29, 1.82) is 0 Å². The van der Waals surface area contributed by atoms with Crippen LogP contribution in [0.15, 0.2) is 60.0 Å². The van der Waals surface area contributed by atoms with Gasteiger partial charge >= 0.3 is 0 Å². The molecule has 0 bridgehead atoms. The van der Waals surface area contributed by atoms with Gasteiger partial charge in [0.2, 0.25) is 5.79 Å². The number of aromatic nitrogens is 2. The predicted molar refractivity (Wildman–Crippen MR) is 124 cm³/mol. The van der Waals surface area contributed by atoms with Gasteiger partial charge in [-0.1, -0.05) is 12.1 Å². The Bertz CT molecular complexity index is 1240. The van der Waals surface area contributed by atoms with Gasteiger partial charge < -0.3 is 16.0 Å². The molecule has 3 aromatic rings. The molecule has 1 aromatic heterocycles. The summed E-state index contributed by atoms with van der Waals surface area (Å²) in [5.41, 5.74) is 13.4. The number of nitrogens with two attached hydrogens (primary N) is 1. The van der Waals surface area contributed by atoms with E-state index in [0.29, 0.717) is 11.4 Å². The lowest BCUT2D eigenvalue weighted by atomic mass is 9.99. The Morgan fingerprint density at radius 1 is 1.19 bits per heavy atom. The Kier molecular flexibility index (Phi) is 5.03. The summed E-state index contributed by atoms with van der Waals surface area (Å²) in [7, 11) is 1.87. The van der Waals surface area contributed by atoms with Crippen LogP contribution in [-0.4, -0.2) is 22.2 Å². The number of halogens is 1. The number of amidine groups is 1. The van der Waals surface area contributed by atoms with Gasteiger partial charge in [-0.2, -0.15) is 5.10 Å². The summed E-state index contributed by atoms with van der Waals surface area (Å²) in [6.07, 6.45) is 6.53. The third-order valence-electron chi connectivity index (χ3n) is 5.96. The van der Waals surface area contributed by atoms with E-state index in [1.165, 1.54) is 23.3 Å². The second kappa shape index (κ2) is 7.89. The number of nitrogens with one attached hydrogen (secondary N) is 3. The lowest BCUT2D eigenvalue weighted by Crippen LogP contribution is -2.50. The van der Waals surface area contributed by atoms with E-state index in [0.717, 1.165) is 41.9 Å². The molecule has 0 saturated heterocycles. The van der Waals surface area contributed by atoms with E-state index in [2.05, 4.69) is 39.2 Å². The third-order valence-corrected chi connectivity index (χ3v) is 5.96. The van der Waals surface area contributed by atoms with Crippen molar-refractivity contribution in [3.05, 3.63) is 88.6 Å². The average molecular weight is 432 g/mol. The molecule has 2 aliphatic heterocycles. The fourth-order valence-corrected chi connectivity index (χ4v) is 4.23. The number of nitrogens with zero attached hydrogens (tertiary/aromatic N) is 3. The van der Waals surface area contributed by atoms with Gasteiger partial charge in [-0.3, -0.25) is 10.4 Å². The van der Waals surface area contributed by atoms with Crippen molar-refractivity contribution in [2.45, 2.75) is 25.7 Å². The lowest BCUT2D eigenvalue weighted by molar-refractivity contribution is 0.407. The van der Waals surface area contributed by atoms with Gasteiger partial charge in [-0.05, 0) is 60.8 Å². The van der Waals surface area contributed by atoms with E-state index in [1.807, 2.05) is 26.4 Å². The van der Waals surface area contributed by atoms with Crippen LogP contribution in [0, 0.1) is 12.7 Å². The molecule has 0 fully saturated rings. The van der Waals surface area contributed by atoms with Gasteiger partial charge in [0, 0.05) is 48.4 Å². The molecule has 0 aliphatic carbocycles. The van der Waals surface area contributed by atoms with Crippen molar-refractivity contribution < 1.29 is 4.39 Å². The standard InChI is InChI=1S/C24H26FN7/c1-15-3-5-19(25)10-22(15)24(26)28-13-21(18-12-29-32(2)14-18)23(31-24)30-20-6-4-16-7-8-27-11-17(16)9-20/h3-6,9-10,12-14,27-28H,7-8,11,26H2,1-2H3,(H,30,31). The van der Waals surface area contributed by atoms with Gasteiger partial charge in [0.25, 0.3) is 0 Å². The summed E-state index contributed by atoms with van der Waals surface area (Å²) in [4.78, 5) is 4.84. The van der Waals surface area contributed by atoms with E-state index < -0.39 is 5.79 Å². The van der Waals surface area contributed by atoms with Crippen LogP contribution in [0.25, 0.3) is 5.57 Å². The Morgan fingerprint density at radius 3 is 2.88 bits per heavy atom. The van der Waals surface area contributed by atoms with Crippen molar-refractivity contribution in [2.24, 2.45) is 17.8 Å². The number of aryl methyl sites for hydroxylation is 2. The lowest BCUT2D eigenvalue weighted by Gasteiger charge is -2.33. The summed E-state index contributed by atoms with van der Waals surface area (Å²) in [5, 5.41) is 14.3. The van der Waals surface area contributed by atoms with E-state index in [1.54, 1.807) is 16.9 Å². The highest BCUT2D eigenvalue weighted by Crippen LogP contribution is 2.30. The van der Waals surface area contributed by atoms with Crippen LogP contribution in [0.4, 0.5) is 10.1 Å². The third kappa shape index (κ3) is 3.79. The maximum absolute atomic E-state index is 14.0. The first kappa shape index (κ1) is 20.4. The highest BCUT2D eigenvalue weighted by Gasteiger charge is 2.33. The summed E-state index contributed by atoms with van der Waals surface area (Å²) < 4.78 is 15.8. The molecule has 0 amide bonds. The molecule has 2 aliphatic rings. The number of rotatable bonds is 3. The van der Waals surface area contributed by atoms with Gasteiger partial charge in [-0.15, -0.1) is 0 Å². The molecule has 1 atom stereocenters. The Balaban J connectivity index is 1.56. The zero-order valence-corrected chi connectivity index (χ0v) is 18.1. The first-order valence-corrected chi connectivity index (χ1v) is 10.6. The molecular formula is C24H26FN7. The van der Waals surface area contributed by atoms with Crippen LogP contribution in [0.2, 0.25) is 0 Å². The molecule has 3 heterocycles. The molecule has 0 spiro atoms. The van der Waals surface area contributed by atoms with E-state index in [4.69, 9.17) is 10.7 Å². The highest BCUT2D eigenvalue weighted by molar-refractivity contribution is 6.28. The summed E-state index contributed by atoms with van der Waals surface area (Å²) in [6, 6.07) is 10.9. The Morgan fingerprint density at radius 2 is 2.06 bits per heavy atom. The SMILES string of the molecule is Cc1ccc(F)cc1C1(N)N=C(Nc2ccc3c(c2)CNCC3)C(c2cnn(C)c2)=CN1. The van der Waals surface area contributed by atoms with Crippen molar-refractivity contribution in [3.63, 3.8) is 0 Å². The average Bonchev–Trinajstić information content (AvgIpc) is 3.21. The first-order chi connectivity index (χ1) is 15.4. The summed E-state index contributed by atoms with van der Waals surface area (Å²) in [6.45, 7) is 3.73. The van der Waals surface area contributed by atoms with Gasteiger partial charge in [-0.25, -0.2) is 9.38 Å². The van der Waals surface area contributed by atoms with Gasteiger partial charge in [0.05, 0.1) is 6.20 Å². The summed E-state index contributed by atoms with van der Waals surface area (Å²) in [5.74, 6) is -1.08. The van der Waals surface area contributed by atoms with Crippen LogP contribution >= 0.6 is 0 Å². The van der Waals surface area contributed by atoms with Crippen molar-refractivity contribution in [1.82, 2.24) is 20.4 Å². The number of benzene rings is 2. The van der Waals surface area contributed by atoms with E-state index >= 15 is 0 Å². The van der Waals surface area contributed by atoms with Crippen LogP contribution in [0.1, 0.15) is 27.8 Å². The zero-order chi connectivity index (χ0) is 22.3. The number of fused-ring (bicyclic) bond motifs is 1. The topological polar surface area (TPSA) is 92.3 Å². The van der Waals surface area contributed by atoms with Crippen molar-refractivity contribution in [2.75, 3.05) is 11.9 Å². The minimum atomic E-state index is -1.31. The molecule has 1 unspecified atom stereocenters. The molecule has 0 radical (unpaired) electrons. The number of hydrogen-bond donors (Lipinski definition) is 4. The van der Waals surface area contributed by atoms with E-state index in [9.17, 15) is 4.39 Å². The fraction of sp³-hybridized carbons (Fsp3) is 0.250. The van der Waals surface area contributed by atoms with E-state index in [-0.39, 0.29) is 5.82 Å². The van der Waals surface area contributed by atoms with Crippen LogP contribution in [0.3, 0.4) is 0 Å². The molecule has 8 heteroatoms. The highest BCUT2D eigenvalue weighted by atomic mass is 19.1. The maximum Gasteiger partial charge on any atom is 0.211 e. The summed E-state index contributed by atoms with van der Waals surface area (Å²) >= 11 is 0. The van der Waals surface area contributed by atoms with Gasteiger partial charge in [0.15, 0.2) is 0 Å². The van der Waals surface area contributed by atoms with Crippen LogP contribution in [-0.2, 0) is 25.8 Å². The smallest absolute Gasteiger partial charge is 0.211 e. The molecule has 7 nitrogen and oxygen atoms in total. The predicted octanol–water partition coefficient (Wildman–Crippen LogP) is 2.74. The quantitative estimate of drug-likeness (QED) is 0.512. The van der Waals surface area contributed by atoms with Crippen LogP contribution < -0.4 is 21.7 Å². The Labute approximate surface area is 186 Å². The number of aliphatic imine (C=N–C) groups is 1. The first-order valence-electron chi connectivity index (χ1n) is 10.6. The molecule has 2 aromatic carbocycles. The molecule has 5 N–H and O–H groups in total. The normalized spacial score (nSPS) is 20.1. The number of hydrogen-bond acceptors (Lipinski definition) is 6. The Hall–Kier alpha value is -3.49. The minimum absolute atomic E-state index is 0.355. The maximum atomic E-state index is 14.0. The molecule has 5 rings (SSSR count). The second-order valence-electron chi connectivity index (χ2n) is 8.33. The molecule has 32 heavy (non-hydrogen) atoms. The molecular weight excluding hydrogens is 405 g/mol. The second-order valence-corrected chi connectivity index (χ2v) is 8.33. The molecule has 0 saturated carbocycles.